The van der Waals surface area contributed by atoms with Crippen LogP contribution in [0.1, 0.15) is 25.0 Å². The molecule has 0 bridgehead atoms. The lowest BCUT2D eigenvalue weighted by Gasteiger charge is -2.22. The number of fused-ring (bicyclic) bond motifs is 1. The zero-order valence-corrected chi connectivity index (χ0v) is 9.97. The van der Waals surface area contributed by atoms with Crippen molar-refractivity contribution < 1.29 is 0 Å². The Bertz CT molecular complexity index is 485. The van der Waals surface area contributed by atoms with Crippen LogP contribution in [0, 0.1) is 5.92 Å². The zero-order chi connectivity index (χ0) is 11.5. The van der Waals surface area contributed by atoms with Gasteiger partial charge in [0.2, 0.25) is 0 Å². The molecule has 2 aromatic rings. The van der Waals surface area contributed by atoms with Gasteiger partial charge in [0.25, 0.3) is 0 Å². The van der Waals surface area contributed by atoms with Crippen LogP contribution < -0.4 is 5.32 Å². The number of hydrogen-bond acceptors (Lipinski definition) is 3. The molecule has 0 aliphatic carbocycles. The molecule has 0 radical (unpaired) electrons. The van der Waals surface area contributed by atoms with Gasteiger partial charge in [-0.2, -0.15) is 5.10 Å². The molecule has 2 aromatic heterocycles. The van der Waals surface area contributed by atoms with E-state index in [1.807, 2.05) is 10.6 Å². The Hall–Kier alpha value is -1.42. The first-order valence-corrected chi connectivity index (χ1v) is 6.42. The second-order valence-corrected chi connectivity index (χ2v) is 4.78. The number of nitrogens with one attached hydrogen (secondary N) is 1. The van der Waals surface area contributed by atoms with Crippen molar-refractivity contribution >= 4 is 5.65 Å². The van der Waals surface area contributed by atoms with Gasteiger partial charge >= 0.3 is 0 Å². The molecule has 4 nitrogen and oxygen atoms in total. The van der Waals surface area contributed by atoms with Crippen molar-refractivity contribution in [2.75, 3.05) is 13.1 Å². The third-order valence-corrected chi connectivity index (χ3v) is 3.65. The van der Waals surface area contributed by atoms with E-state index in [9.17, 15) is 0 Å². The molecule has 1 saturated heterocycles. The van der Waals surface area contributed by atoms with Crippen molar-refractivity contribution in [1.29, 1.82) is 0 Å². The number of aromatic nitrogens is 3. The summed E-state index contributed by atoms with van der Waals surface area (Å²) >= 11 is 0. The van der Waals surface area contributed by atoms with Gasteiger partial charge in [0.05, 0.1) is 0 Å². The molecule has 1 aliphatic rings. The van der Waals surface area contributed by atoms with E-state index in [0.717, 1.165) is 18.0 Å². The molecule has 0 saturated carbocycles. The average molecular weight is 230 g/mol. The van der Waals surface area contributed by atoms with Crippen LogP contribution in [0.15, 0.2) is 24.5 Å². The van der Waals surface area contributed by atoms with Gasteiger partial charge in [-0.05, 0) is 56.8 Å². The maximum absolute atomic E-state index is 4.28. The van der Waals surface area contributed by atoms with Crippen molar-refractivity contribution in [2.45, 2.75) is 25.7 Å². The molecular formula is C13H18N4. The molecule has 0 aromatic carbocycles. The molecule has 0 spiro atoms. The quantitative estimate of drug-likeness (QED) is 0.872. The number of pyridine rings is 1. The molecule has 1 N–H and O–H groups in total. The highest BCUT2D eigenvalue weighted by atomic mass is 15.3. The second-order valence-electron chi connectivity index (χ2n) is 4.78. The van der Waals surface area contributed by atoms with E-state index < -0.39 is 0 Å². The van der Waals surface area contributed by atoms with E-state index >= 15 is 0 Å². The van der Waals surface area contributed by atoms with Gasteiger partial charge in [0, 0.05) is 5.69 Å². The molecule has 3 heterocycles. The zero-order valence-electron chi connectivity index (χ0n) is 9.97. The molecule has 0 amide bonds. The minimum atomic E-state index is 0.870. The Morgan fingerprint density at radius 1 is 1.29 bits per heavy atom. The van der Waals surface area contributed by atoms with Crippen molar-refractivity contribution in [1.82, 2.24) is 19.9 Å². The highest BCUT2D eigenvalue weighted by Gasteiger charge is 2.13. The van der Waals surface area contributed by atoms with Crippen LogP contribution in [-0.4, -0.2) is 27.7 Å². The fraction of sp³-hybridized carbons (Fsp3) is 0.538. The largest absolute Gasteiger partial charge is 0.317 e. The van der Waals surface area contributed by atoms with E-state index in [1.165, 1.54) is 38.0 Å². The summed E-state index contributed by atoms with van der Waals surface area (Å²) in [6.45, 7) is 2.36. The Kier molecular flexibility index (Phi) is 3.05. The Morgan fingerprint density at radius 3 is 3.06 bits per heavy atom. The molecule has 4 heteroatoms. The topological polar surface area (TPSA) is 42.2 Å². The van der Waals surface area contributed by atoms with E-state index in [4.69, 9.17) is 0 Å². The molecule has 3 rings (SSSR count). The number of hydrogen-bond donors (Lipinski definition) is 1. The average Bonchev–Trinajstić information content (AvgIpc) is 2.86. The van der Waals surface area contributed by atoms with E-state index in [1.54, 1.807) is 6.33 Å². The molecular weight excluding hydrogens is 212 g/mol. The summed E-state index contributed by atoms with van der Waals surface area (Å²) < 4.78 is 1.96. The normalized spacial score (nSPS) is 17.6. The fourth-order valence-electron chi connectivity index (χ4n) is 2.61. The third-order valence-electron chi connectivity index (χ3n) is 3.65. The van der Waals surface area contributed by atoms with Gasteiger partial charge in [-0.1, -0.05) is 6.07 Å². The molecule has 1 aliphatic heterocycles. The first-order chi connectivity index (χ1) is 8.43. The molecule has 0 unspecified atom stereocenters. The van der Waals surface area contributed by atoms with Gasteiger partial charge in [-0.15, -0.1) is 0 Å². The van der Waals surface area contributed by atoms with Gasteiger partial charge in [-0.3, -0.25) is 0 Å². The predicted octanol–water partition coefficient (Wildman–Crippen LogP) is 1.66. The smallest absolute Gasteiger partial charge is 0.155 e. The lowest BCUT2D eigenvalue weighted by atomic mass is 9.92. The van der Waals surface area contributed by atoms with Gasteiger partial charge in [-0.25, -0.2) is 9.50 Å². The maximum Gasteiger partial charge on any atom is 0.155 e. The maximum atomic E-state index is 4.28. The number of nitrogens with zero attached hydrogens (tertiary/aromatic N) is 3. The van der Waals surface area contributed by atoms with Crippen molar-refractivity contribution in [3.8, 4) is 0 Å². The van der Waals surface area contributed by atoms with Crippen LogP contribution in [0.4, 0.5) is 0 Å². The second kappa shape index (κ2) is 4.84. The first kappa shape index (κ1) is 10.7. The lowest BCUT2D eigenvalue weighted by molar-refractivity contribution is 0.353. The van der Waals surface area contributed by atoms with Crippen LogP contribution in [0.5, 0.6) is 0 Å². The summed E-state index contributed by atoms with van der Waals surface area (Å²) in [4.78, 5) is 4.22. The lowest BCUT2D eigenvalue weighted by Crippen LogP contribution is -2.28. The Morgan fingerprint density at radius 2 is 2.18 bits per heavy atom. The number of rotatable bonds is 3. The van der Waals surface area contributed by atoms with Crippen LogP contribution in [-0.2, 0) is 6.42 Å². The summed E-state index contributed by atoms with van der Waals surface area (Å²) in [5.41, 5.74) is 2.23. The number of piperidine rings is 1. The highest BCUT2D eigenvalue weighted by molar-refractivity contribution is 5.37. The standard InChI is InChI=1S/C13H18N4/c1-2-12(17-13(3-1)15-10-16-17)5-4-11-6-8-14-9-7-11/h1-3,10-11,14H,4-9H2. The van der Waals surface area contributed by atoms with E-state index in [2.05, 4.69) is 27.5 Å². The summed E-state index contributed by atoms with van der Waals surface area (Å²) in [7, 11) is 0. The number of aryl methyl sites for hydroxylation is 1. The van der Waals surface area contributed by atoms with Crippen LogP contribution in [0.25, 0.3) is 5.65 Å². The fourth-order valence-corrected chi connectivity index (χ4v) is 2.61. The van der Waals surface area contributed by atoms with Gasteiger partial charge in [0.15, 0.2) is 5.65 Å². The van der Waals surface area contributed by atoms with Gasteiger partial charge in [0.1, 0.15) is 6.33 Å². The minimum Gasteiger partial charge on any atom is -0.317 e. The molecule has 90 valence electrons. The summed E-state index contributed by atoms with van der Waals surface area (Å²) in [6.07, 6.45) is 6.62. The van der Waals surface area contributed by atoms with Crippen molar-refractivity contribution in [3.63, 3.8) is 0 Å². The van der Waals surface area contributed by atoms with Gasteiger partial charge < -0.3 is 5.32 Å². The van der Waals surface area contributed by atoms with Crippen molar-refractivity contribution in [2.24, 2.45) is 5.92 Å². The SMILES string of the molecule is c1cc(CCC2CCNCC2)n2ncnc2c1. The summed E-state index contributed by atoms with van der Waals surface area (Å²) in [5, 5.41) is 7.69. The predicted molar refractivity (Wildman–Crippen MR) is 66.9 cm³/mol. The summed E-state index contributed by atoms with van der Waals surface area (Å²) in [5.74, 6) is 0.870. The Labute approximate surface area is 101 Å². The first-order valence-electron chi connectivity index (χ1n) is 6.42. The Balaban J connectivity index is 1.69. The van der Waals surface area contributed by atoms with Crippen LogP contribution in [0.2, 0.25) is 0 Å². The monoisotopic (exact) mass is 230 g/mol. The third kappa shape index (κ3) is 2.31. The van der Waals surface area contributed by atoms with Crippen LogP contribution >= 0.6 is 0 Å². The molecule has 0 atom stereocenters. The van der Waals surface area contributed by atoms with Crippen molar-refractivity contribution in [3.05, 3.63) is 30.2 Å². The minimum absolute atomic E-state index is 0.870. The van der Waals surface area contributed by atoms with E-state index in [-0.39, 0.29) is 0 Å². The molecule has 17 heavy (non-hydrogen) atoms. The molecule has 1 fully saturated rings. The van der Waals surface area contributed by atoms with Crippen LogP contribution in [0.3, 0.4) is 0 Å². The highest BCUT2D eigenvalue weighted by Crippen LogP contribution is 2.18. The summed E-state index contributed by atoms with van der Waals surface area (Å²) in [6, 6.07) is 6.23. The van der Waals surface area contributed by atoms with E-state index in [0.29, 0.717) is 0 Å².